The Labute approximate surface area is 89.6 Å². The van der Waals surface area contributed by atoms with Crippen molar-refractivity contribution in [1.82, 2.24) is 0 Å². The Morgan fingerprint density at radius 1 is 1.54 bits per heavy atom. The number of ketones is 1. The summed E-state index contributed by atoms with van der Waals surface area (Å²) in [5.74, 6) is 0.200. The Hall–Kier alpha value is -0.410. The second-order valence-corrected chi connectivity index (χ2v) is 5.29. The first-order valence-corrected chi connectivity index (χ1v) is 5.93. The molecule has 1 aromatic rings. The van der Waals surface area contributed by atoms with Gasteiger partial charge in [0.2, 0.25) is 0 Å². The molecule has 0 spiro atoms. The van der Waals surface area contributed by atoms with E-state index in [1.165, 1.54) is 0 Å². The number of carbonyl (C=O) groups excluding carboxylic acids is 1. The largest absolute Gasteiger partial charge is 0.289 e. The Balaban J connectivity index is 2.27. The van der Waals surface area contributed by atoms with Crippen LogP contribution >= 0.6 is 27.3 Å². The predicted octanol–water partition coefficient (Wildman–Crippen LogP) is 3.80. The molecule has 0 fully saturated rings. The molecule has 0 aliphatic heterocycles. The normalized spacial score (nSPS) is 15.9. The lowest BCUT2D eigenvalue weighted by Crippen LogP contribution is -2.00. The van der Waals surface area contributed by atoms with Gasteiger partial charge in [0.15, 0.2) is 5.78 Å². The average molecular weight is 257 g/mol. The average Bonchev–Trinajstić information content (AvgIpc) is 2.72. The minimum Gasteiger partial charge on any atom is -0.289 e. The summed E-state index contributed by atoms with van der Waals surface area (Å²) in [5, 5.41) is 1.94. The summed E-state index contributed by atoms with van der Waals surface area (Å²) in [5.41, 5.74) is 1.80. The van der Waals surface area contributed by atoms with Crippen LogP contribution in [0.5, 0.6) is 0 Å². The fraction of sp³-hybridized carbons (Fsp3) is 0.300. The molecule has 1 aromatic heterocycles. The minimum atomic E-state index is 0.200. The zero-order valence-corrected chi connectivity index (χ0v) is 9.45. The third-order valence-corrected chi connectivity index (χ3v) is 3.88. The van der Waals surface area contributed by atoms with E-state index in [0.29, 0.717) is 0 Å². The third-order valence-electron chi connectivity index (χ3n) is 2.20. The van der Waals surface area contributed by atoms with Crippen LogP contribution in [0, 0.1) is 0 Å². The summed E-state index contributed by atoms with van der Waals surface area (Å²) >= 11 is 4.94. The molecule has 1 heterocycles. The molecular weight excluding hydrogens is 248 g/mol. The van der Waals surface area contributed by atoms with Crippen LogP contribution in [-0.4, -0.2) is 5.78 Å². The van der Waals surface area contributed by atoms with Crippen LogP contribution in [0.4, 0.5) is 0 Å². The van der Waals surface area contributed by atoms with E-state index < -0.39 is 0 Å². The Morgan fingerprint density at radius 3 is 2.92 bits per heavy atom. The van der Waals surface area contributed by atoms with Gasteiger partial charge in [-0.15, -0.1) is 11.3 Å². The Bertz CT molecular complexity index is 365. The fourth-order valence-electron chi connectivity index (χ4n) is 1.51. The number of thiophene rings is 1. The summed E-state index contributed by atoms with van der Waals surface area (Å²) in [4.78, 5) is 11.8. The number of allylic oxidation sites excluding steroid dienone is 2. The van der Waals surface area contributed by atoms with Crippen LogP contribution in [0.2, 0.25) is 0 Å². The van der Waals surface area contributed by atoms with Gasteiger partial charge in [-0.1, -0.05) is 6.08 Å². The van der Waals surface area contributed by atoms with Gasteiger partial charge in [0, 0.05) is 5.56 Å². The van der Waals surface area contributed by atoms with E-state index >= 15 is 0 Å². The number of Topliss-reactive ketones (excluding diaryl/α,β-unsaturated/α-hetero) is 1. The summed E-state index contributed by atoms with van der Waals surface area (Å²) < 4.78 is 0.949. The maximum absolute atomic E-state index is 11.8. The Kier molecular flexibility index (Phi) is 2.65. The number of rotatable bonds is 2. The molecule has 0 unspecified atom stereocenters. The van der Waals surface area contributed by atoms with Gasteiger partial charge in [0.1, 0.15) is 0 Å². The molecule has 13 heavy (non-hydrogen) atoms. The highest BCUT2D eigenvalue weighted by atomic mass is 79.9. The molecule has 0 saturated carbocycles. The molecule has 68 valence electrons. The van der Waals surface area contributed by atoms with Crippen molar-refractivity contribution in [2.75, 3.05) is 0 Å². The fourth-order valence-corrected chi connectivity index (χ4v) is 2.75. The predicted molar refractivity (Wildman–Crippen MR) is 58.3 cm³/mol. The van der Waals surface area contributed by atoms with Crippen molar-refractivity contribution >= 4 is 33.0 Å². The van der Waals surface area contributed by atoms with Crippen LogP contribution in [0.25, 0.3) is 0 Å². The van der Waals surface area contributed by atoms with Gasteiger partial charge in [-0.3, -0.25) is 4.79 Å². The maximum atomic E-state index is 11.8. The molecule has 1 aliphatic rings. The number of hydrogen-bond donors (Lipinski definition) is 0. The molecule has 1 aliphatic carbocycles. The lowest BCUT2D eigenvalue weighted by molar-refractivity contribution is 0.103. The SMILES string of the molecule is O=C(C1=CCCC1)c1ccsc1Br. The molecule has 0 bridgehead atoms. The summed E-state index contributed by atoms with van der Waals surface area (Å²) in [6.45, 7) is 0. The van der Waals surface area contributed by atoms with E-state index in [1.807, 2.05) is 11.4 Å². The molecule has 0 aromatic carbocycles. The van der Waals surface area contributed by atoms with Crippen molar-refractivity contribution in [1.29, 1.82) is 0 Å². The van der Waals surface area contributed by atoms with E-state index in [0.717, 1.165) is 34.2 Å². The zero-order valence-electron chi connectivity index (χ0n) is 7.05. The van der Waals surface area contributed by atoms with E-state index in [-0.39, 0.29) is 5.78 Å². The summed E-state index contributed by atoms with van der Waals surface area (Å²) in [6.07, 6.45) is 5.19. The van der Waals surface area contributed by atoms with Crippen LogP contribution in [0.3, 0.4) is 0 Å². The van der Waals surface area contributed by atoms with Gasteiger partial charge >= 0.3 is 0 Å². The highest BCUT2D eigenvalue weighted by Gasteiger charge is 2.17. The second-order valence-electron chi connectivity index (χ2n) is 3.06. The summed E-state index contributed by atoms with van der Waals surface area (Å²) in [7, 11) is 0. The smallest absolute Gasteiger partial charge is 0.190 e. The zero-order chi connectivity index (χ0) is 9.26. The van der Waals surface area contributed by atoms with Gasteiger partial charge < -0.3 is 0 Å². The van der Waals surface area contributed by atoms with E-state index in [2.05, 4.69) is 22.0 Å². The van der Waals surface area contributed by atoms with Crippen molar-refractivity contribution < 1.29 is 4.79 Å². The molecule has 0 amide bonds. The molecule has 0 atom stereocenters. The Morgan fingerprint density at radius 2 is 2.38 bits per heavy atom. The van der Waals surface area contributed by atoms with Crippen LogP contribution < -0.4 is 0 Å². The molecule has 1 nitrogen and oxygen atoms in total. The highest BCUT2D eigenvalue weighted by Crippen LogP contribution is 2.29. The maximum Gasteiger partial charge on any atom is 0.190 e. The topological polar surface area (TPSA) is 17.1 Å². The minimum absolute atomic E-state index is 0.200. The number of halogens is 1. The lowest BCUT2D eigenvalue weighted by Gasteiger charge is -1.98. The van der Waals surface area contributed by atoms with Gasteiger partial charge in [0.25, 0.3) is 0 Å². The van der Waals surface area contributed by atoms with E-state index in [4.69, 9.17) is 0 Å². The van der Waals surface area contributed by atoms with Crippen molar-refractivity contribution in [2.45, 2.75) is 19.3 Å². The van der Waals surface area contributed by atoms with Crippen LogP contribution in [-0.2, 0) is 0 Å². The highest BCUT2D eigenvalue weighted by molar-refractivity contribution is 9.11. The number of carbonyl (C=O) groups is 1. The van der Waals surface area contributed by atoms with Crippen molar-refractivity contribution in [3.63, 3.8) is 0 Å². The quantitative estimate of drug-likeness (QED) is 0.736. The second kappa shape index (κ2) is 3.76. The van der Waals surface area contributed by atoms with Crippen LogP contribution in [0.1, 0.15) is 29.6 Å². The molecule has 0 N–H and O–H groups in total. The third kappa shape index (κ3) is 1.76. The molecule has 0 saturated heterocycles. The van der Waals surface area contributed by atoms with Crippen molar-refractivity contribution in [2.24, 2.45) is 0 Å². The monoisotopic (exact) mass is 256 g/mol. The molecule has 3 heteroatoms. The first-order valence-electron chi connectivity index (χ1n) is 4.26. The van der Waals surface area contributed by atoms with Gasteiger partial charge in [-0.05, 0) is 52.2 Å². The lowest BCUT2D eigenvalue weighted by atomic mass is 10.1. The molecular formula is C10H9BrOS. The summed E-state index contributed by atoms with van der Waals surface area (Å²) in [6, 6.07) is 1.89. The van der Waals surface area contributed by atoms with E-state index in [1.54, 1.807) is 11.3 Å². The van der Waals surface area contributed by atoms with Gasteiger partial charge in [-0.25, -0.2) is 0 Å². The van der Waals surface area contributed by atoms with Crippen molar-refractivity contribution in [3.8, 4) is 0 Å². The number of hydrogen-bond acceptors (Lipinski definition) is 2. The van der Waals surface area contributed by atoms with Gasteiger partial charge in [0.05, 0.1) is 3.79 Å². The molecule has 0 radical (unpaired) electrons. The first kappa shape index (κ1) is 9.16. The van der Waals surface area contributed by atoms with Crippen molar-refractivity contribution in [3.05, 3.63) is 32.4 Å². The van der Waals surface area contributed by atoms with Gasteiger partial charge in [-0.2, -0.15) is 0 Å². The van der Waals surface area contributed by atoms with Crippen LogP contribution in [0.15, 0.2) is 26.9 Å². The first-order chi connectivity index (χ1) is 6.29. The molecule has 2 rings (SSSR count). The van der Waals surface area contributed by atoms with E-state index in [9.17, 15) is 4.79 Å². The standard InChI is InChI=1S/C10H9BrOS/c11-10-8(5-6-13-10)9(12)7-3-1-2-4-7/h3,5-6H,1-2,4H2.